The van der Waals surface area contributed by atoms with Gasteiger partial charge in [-0.3, -0.25) is 0 Å². The van der Waals surface area contributed by atoms with Crippen LogP contribution in [0.1, 0.15) is 59.3 Å². The quantitative estimate of drug-likeness (QED) is 0.255. The van der Waals surface area contributed by atoms with E-state index in [0.29, 0.717) is 0 Å². The van der Waals surface area contributed by atoms with E-state index < -0.39 is 0 Å². The molecule has 0 bridgehead atoms. The lowest BCUT2D eigenvalue weighted by molar-refractivity contribution is 0.670. The predicted molar refractivity (Wildman–Crippen MR) is 74.0 cm³/mol. The summed E-state index contributed by atoms with van der Waals surface area (Å²) in [6.45, 7) is 7.84. The Labute approximate surface area is 97.6 Å². The Morgan fingerprint density at radius 3 is 2.07 bits per heavy atom. The summed E-state index contributed by atoms with van der Waals surface area (Å²) in [7, 11) is 0. The van der Waals surface area contributed by atoms with Gasteiger partial charge in [-0.25, -0.2) is 0 Å². The maximum absolute atomic E-state index is 2.33. The lowest BCUT2D eigenvalue weighted by Crippen LogP contribution is -2.07. The van der Waals surface area contributed by atoms with Crippen LogP contribution in [-0.4, -0.2) is 6.71 Å². The third kappa shape index (κ3) is 10.1. The fraction of sp³-hybridized carbons (Fsp3) is 0.857. The minimum atomic E-state index is 0.991. The van der Waals surface area contributed by atoms with Gasteiger partial charge in [0.2, 0.25) is 0 Å². The summed E-state index contributed by atoms with van der Waals surface area (Å²) in [6, 6.07) is 0. The molecule has 0 saturated heterocycles. The Balaban J connectivity index is 3.13. The SMILES string of the molecule is CC/C=C/CCCCCCB(CC)CC. The molecule has 0 radical (unpaired) electrons. The van der Waals surface area contributed by atoms with Gasteiger partial charge in [0, 0.05) is 0 Å². The average Bonchev–Trinajstić information content (AvgIpc) is 2.27. The van der Waals surface area contributed by atoms with Crippen LogP contribution in [0.4, 0.5) is 0 Å². The fourth-order valence-electron chi connectivity index (χ4n) is 2.03. The number of hydrogen-bond acceptors (Lipinski definition) is 0. The molecule has 0 nitrogen and oxygen atoms in total. The first-order valence-corrected chi connectivity index (χ1v) is 7.00. The van der Waals surface area contributed by atoms with Gasteiger partial charge in [0.15, 0.2) is 0 Å². The van der Waals surface area contributed by atoms with Gasteiger partial charge in [-0.15, -0.1) is 0 Å². The molecule has 0 atom stereocenters. The summed E-state index contributed by atoms with van der Waals surface area (Å²) in [6.07, 6.45) is 17.0. The second-order valence-electron chi connectivity index (χ2n) is 4.55. The topological polar surface area (TPSA) is 0 Å². The van der Waals surface area contributed by atoms with Gasteiger partial charge in [-0.05, 0) is 19.3 Å². The van der Waals surface area contributed by atoms with E-state index in [2.05, 4.69) is 32.9 Å². The van der Waals surface area contributed by atoms with Gasteiger partial charge in [0.05, 0.1) is 0 Å². The highest BCUT2D eigenvalue weighted by Gasteiger charge is 2.06. The van der Waals surface area contributed by atoms with Crippen LogP contribution in [0.25, 0.3) is 0 Å². The summed E-state index contributed by atoms with van der Waals surface area (Å²) in [5, 5.41) is 0. The lowest BCUT2D eigenvalue weighted by atomic mass is 9.43. The second kappa shape index (κ2) is 11.9. The van der Waals surface area contributed by atoms with Crippen LogP contribution in [0.15, 0.2) is 12.2 Å². The van der Waals surface area contributed by atoms with Crippen molar-refractivity contribution >= 4 is 6.71 Å². The van der Waals surface area contributed by atoms with Crippen molar-refractivity contribution in [3.63, 3.8) is 0 Å². The van der Waals surface area contributed by atoms with Crippen LogP contribution in [-0.2, 0) is 0 Å². The molecular weight excluding hydrogens is 179 g/mol. The predicted octanol–water partition coefficient (Wildman–Crippen LogP) is 5.44. The fourth-order valence-corrected chi connectivity index (χ4v) is 2.03. The molecule has 0 amide bonds. The summed E-state index contributed by atoms with van der Waals surface area (Å²) in [5.74, 6) is 0. The highest BCUT2D eigenvalue weighted by molar-refractivity contribution is 6.58. The summed E-state index contributed by atoms with van der Waals surface area (Å²) in [5.41, 5.74) is 0. The summed E-state index contributed by atoms with van der Waals surface area (Å²) in [4.78, 5) is 0. The van der Waals surface area contributed by atoms with E-state index in [1.165, 1.54) is 57.5 Å². The van der Waals surface area contributed by atoms with Crippen molar-refractivity contribution in [2.45, 2.75) is 78.3 Å². The van der Waals surface area contributed by atoms with Crippen molar-refractivity contribution in [1.29, 1.82) is 0 Å². The molecule has 15 heavy (non-hydrogen) atoms. The van der Waals surface area contributed by atoms with Crippen molar-refractivity contribution in [3.05, 3.63) is 12.2 Å². The highest BCUT2D eigenvalue weighted by atomic mass is 13.9. The molecule has 1 heteroatoms. The van der Waals surface area contributed by atoms with E-state index in [0.717, 1.165) is 6.71 Å². The molecule has 0 aliphatic heterocycles. The van der Waals surface area contributed by atoms with Crippen molar-refractivity contribution in [1.82, 2.24) is 0 Å². The van der Waals surface area contributed by atoms with Crippen LogP contribution in [0.2, 0.25) is 19.0 Å². The van der Waals surface area contributed by atoms with Crippen molar-refractivity contribution in [2.75, 3.05) is 0 Å². The van der Waals surface area contributed by atoms with Gasteiger partial charge < -0.3 is 0 Å². The van der Waals surface area contributed by atoms with Crippen LogP contribution >= 0.6 is 0 Å². The molecule has 0 aromatic heterocycles. The van der Waals surface area contributed by atoms with E-state index in [-0.39, 0.29) is 0 Å². The standard InChI is InChI=1S/C14H29B/c1-4-7-8-9-10-11-12-13-14-15(5-2)6-3/h7-8H,4-6,9-14H2,1-3H3/b8-7+. The zero-order chi connectivity index (χ0) is 11.4. The van der Waals surface area contributed by atoms with E-state index in [9.17, 15) is 0 Å². The molecule has 0 aromatic rings. The number of unbranched alkanes of at least 4 members (excludes halogenated alkanes) is 4. The minimum Gasteiger partial charge on any atom is -0.0888 e. The number of hydrogen-bond donors (Lipinski definition) is 0. The minimum absolute atomic E-state index is 0.991. The van der Waals surface area contributed by atoms with Crippen LogP contribution < -0.4 is 0 Å². The highest BCUT2D eigenvalue weighted by Crippen LogP contribution is 2.12. The second-order valence-corrected chi connectivity index (χ2v) is 4.55. The Kier molecular flexibility index (Phi) is 11.7. The van der Waals surface area contributed by atoms with Gasteiger partial charge in [-0.1, -0.05) is 71.1 Å². The first-order chi connectivity index (χ1) is 7.35. The van der Waals surface area contributed by atoms with Gasteiger partial charge in [0.25, 0.3) is 0 Å². The van der Waals surface area contributed by atoms with Crippen molar-refractivity contribution < 1.29 is 0 Å². The normalized spacial score (nSPS) is 11.1. The molecule has 0 spiro atoms. The molecule has 0 fully saturated rings. The first kappa shape index (κ1) is 14.8. The van der Waals surface area contributed by atoms with Crippen LogP contribution in [0.3, 0.4) is 0 Å². The molecule has 0 N–H and O–H groups in total. The zero-order valence-electron chi connectivity index (χ0n) is 11.1. The Morgan fingerprint density at radius 2 is 1.47 bits per heavy atom. The summed E-state index contributed by atoms with van der Waals surface area (Å²) < 4.78 is 0. The van der Waals surface area contributed by atoms with Gasteiger partial charge >= 0.3 is 0 Å². The Morgan fingerprint density at radius 1 is 0.800 bits per heavy atom. The zero-order valence-corrected chi connectivity index (χ0v) is 11.1. The maximum atomic E-state index is 2.33. The Hall–Kier alpha value is -0.195. The molecule has 88 valence electrons. The maximum Gasteiger partial charge on any atom is 0.139 e. The molecule has 0 saturated carbocycles. The largest absolute Gasteiger partial charge is 0.139 e. The molecule has 0 aliphatic carbocycles. The van der Waals surface area contributed by atoms with Crippen molar-refractivity contribution in [3.8, 4) is 0 Å². The third-order valence-electron chi connectivity index (χ3n) is 3.29. The monoisotopic (exact) mass is 208 g/mol. The van der Waals surface area contributed by atoms with Crippen molar-refractivity contribution in [2.24, 2.45) is 0 Å². The van der Waals surface area contributed by atoms with Crippen LogP contribution in [0, 0.1) is 0 Å². The Bertz CT molecular complexity index is 136. The van der Waals surface area contributed by atoms with E-state index in [4.69, 9.17) is 0 Å². The van der Waals surface area contributed by atoms with Gasteiger partial charge in [-0.2, -0.15) is 0 Å². The van der Waals surface area contributed by atoms with Gasteiger partial charge in [0.1, 0.15) is 6.71 Å². The third-order valence-corrected chi connectivity index (χ3v) is 3.29. The van der Waals surface area contributed by atoms with E-state index in [1.54, 1.807) is 0 Å². The molecule has 0 rings (SSSR count). The molecule has 0 aliphatic rings. The molecule has 0 heterocycles. The first-order valence-electron chi connectivity index (χ1n) is 7.00. The molecule has 0 unspecified atom stereocenters. The summed E-state index contributed by atoms with van der Waals surface area (Å²) >= 11 is 0. The smallest absolute Gasteiger partial charge is 0.0888 e. The van der Waals surface area contributed by atoms with E-state index >= 15 is 0 Å². The average molecular weight is 208 g/mol. The number of allylic oxidation sites excluding steroid dienone is 2. The number of rotatable bonds is 10. The lowest BCUT2D eigenvalue weighted by Gasteiger charge is -2.07. The van der Waals surface area contributed by atoms with E-state index in [1.807, 2.05) is 0 Å². The van der Waals surface area contributed by atoms with Crippen LogP contribution in [0.5, 0.6) is 0 Å². The molecule has 0 aromatic carbocycles. The molecular formula is C14H29B.